The van der Waals surface area contributed by atoms with Crippen LogP contribution in [0.1, 0.15) is 19.3 Å². The number of anilines is 1. The Labute approximate surface area is 143 Å². The number of carbonyl (C=O) groups is 2. The summed E-state index contributed by atoms with van der Waals surface area (Å²) in [6, 6.07) is 6.05. The lowest BCUT2D eigenvalue weighted by molar-refractivity contribution is -0.137. The molecule has 0 saturated carbocycles. The van der Waals surface area contributed by atoms with Gasteiger partial charge in [0.2, 0.25) is 0 Å². The predicted octanol–water partition coefficient (Wildman–Crippen LogP) is 2.03. The van der Waals surface area contributed by atoms with Crippen LogP contribution in [-0.4, -0.2) is 49.4 Å². The van der Waals surface area contributed by atoms with Crippen LogP contribution in [-0.2, 0) is 4.79 Å². The minimum absolute atomic E-state index is 0.00158. The van der Waals surface area contributed by atoms with E-state index in [4.69, 9.17) is 5.11 Å². The van der Waals surface area contributed by atoms with Crippen molar-refractivity contribution in [1.29, 1.82) is 0 Å². The van der Waals surface area contributed by atoms with Gasteiger partial charge < -0.3 is 25.4 Å². The second-order valence-electron chi connectivity index (χ2n) is 5.68. The highest BCUT2D eigenvalue weighted by molar-refractivity contribution is 5.74. The molecule has 1 aliphatic rings. The first kappa shape index (κ1) is 18.8. The molecular formula is C16H21F2N3O4. The van der Waals surface area contributed by atoms with Crippen LogP contribution in [0.3, 0.4) is 0 Å². The standard InChI is InChI=1S/C16H21F2N3O4/c17-15(18)25-13-5-2-1-4-12(13)21-9-7-11(10-21)20-16(24)19-8-3-6-14(22)23/h1-2,4-5,11,15H,3,6-10H2,(H,22,23)(H2,19,20,24). The van der Waals surface area contributed by atoms with Crippen LogP contribution in [0, 0.1) is 0 Å². The number of amides is 2. The molecular weight excluding hydrogens is 336 g/mol. The maximum absolute atomic E-state index is 12.5. The minimum Gasteiger partial charge on any atom is -0.481 e. The average molecular weight is 357 g/mol. The van der Waals surface area contributed by atoms with Crippen molar-refractivity contribution in [2.24, 2.45) is 0 Å². The lowest BCUT2D eigenvalue weighted by Crippen LogP contribution is -2.43. The van der Waals surface area contributed by atoms with Gasteiger partial charge in [0.15, 0.2) is 0 Å². The number of carboxylic acids is 1. The molecule has 3 N–H and O–H groups in total. The second-order valence-corrected chi connectivity index (χ2v) is 5.68. The number of rotatable bonds is 8. The Kier molecular flexibility index (Phi) is 6.79. The molecule has 1 saturated heterocycles. The highest BCUT2D eigenvalue weighted by atomic mass is 19.3. The molecule has 7 nitrogen and oxygen atoms in total. The molecule has 2 rings (SSSR count). The Morgan fingerprint density at radius 3 is 2.84 bits per heavy atom. The van der Waals surface area contributed by atoms with Crippen LogP contribution in [0.25, 0.3) is 0 Å². The molecule has 0 spiro atoms. The van der Waals surface area contributed by atoms with E-state index in [1.807, 2.05) is 4.90 Å². The average Bonchev–Trinajstić information content (AvgIpc) is 2.99. The third-order valence-electron chi connectivity index (χ3n) is 3.80. The number of aliphatic carboxylic acids is 1. The number of alkyl halides is 2. The van der Waals surface area contributed by atoms with Crippen LogP contribution in [0.4, 0.5) is 19.3 Å². The number of carboxylic acid groups (broad SMARTS) is 1. The van der Waals surface area contributed by atoms with Gasteiger partial charge in [-0.2, -0.15) is 8.78 Å². The Morgan fingerprint density at radius 2 is 2.12 bits per heavy atom. The number of urea groups is 1. The van der Waals surface area contributed by atoms with E-state index in [9.17, 15) is 18.4 Å². The van der Waals surface area contributed by atoms with Gasteiger partial charge in [0.05, 0.1) is 5.69 Å². The first-order valence-electron chi connectivity index (χ1n) is 8.00. The van der Waals surface area contributed by atoms with Crippen molar-refractivity contribution in [3.63, 3.8) is 0 Å². The number of hydrogen-bond acceptors (Lipinski definition) is 4. The molecule has 2 amide bonds. The Morgan fingerprint density at radius 1 is 1.36 bits per heavy atom. The third kappa shape index (κ3) is 6.09. The zero-order valence-corrected chi connectivity index (χ0v) is 13.6. The van der Waals surface area contributed by atoms with E-state index in [0.717, 1.165) is 0 Å². The summed E-state index contributed by atoms with van der Waals surface area (Å²) in [4.78, 5) is 24.1. The van der Waals surface area contributed by atoms with Gasteiger partial charge in [-0.3, -0.25) is 4.79 Å². The van der Waals surface area contributed by atoms with E-state index >= 15 is 0 Å². The molecule has 0 radical (unpaired) electrons. The Hall–Kier alpha value is -2.58. The lowest BCUT2D eigenvalue weighted by atomic mass is 10.2. The Balaban J connectivity index is 1.81. The molecule has 25 heavy (non-hydrogen) atoms. The van der Waals surface area contributed by atoms with Crippen molar-refractivity contribution >= 4 is 17.7 Å². The zero-order valence-electron chi connectivity index (χ0n) is 13.6. The molecule has 9 heteroatoms. The van der Waals surface area contributed by atoms with Crippen LogP contribution >= 0.6 is 0 Å². The fourth-order valence-electron chi connectivity index (χ4n) is 2.69. The summed E-state index contributed by atoms with van der Waals surface area (Å²) in [5, 5.41) is 13.9. The molecule has 138 valence electrons. The zero-order chi connectivity index (χ0) is 18.2. The third-order valence-corrected chi connectivity index (χ3v) is 3.80. The van der Waals surface area contributed by atoms with Crippen molar-refractivity contribution in [3.05, 3.63) is 24.3 Å². The fourth-order valence-corrected chi connectivity index (χ4v) is 2.69. The number of hydrogen-bond donors (Lipinski definition) is 3. The second kappa shape index (κ2) is 9.05. The van der Waals surface area contributed by atoms with Crippen molar-refractivity contribution in [1.82, 2.24) is 10.6 Å². The molecule has 1 fully saturated rings. The normalized spacial score (nSPS) is 16.8. The molecule has 1 aromatic carbocycles. The van der Waals surface area contributed by atoms with Crippen LogP contribution in [0.15, 0.2) is 24.3 Å². The van der Waals surface area contributed by atoms with Gasteiger partial charge in [-0.15, -0.1) is 0 Å². The number of benzene rings is 1. The monoisotopic (exact) mass is 357 g/mol. The van der Waals surface area contributed by atoms with E-state index in [2.05, 4.69) is 15.4 Å². The maximum atomic E-state index is 12.5. The van der Waals surface area contributed by atoms with Crippen LogP contribution < -0.4 is 20.3 Å². The van der Waals surface area contributed by atoms with Gasteiger partial charge >= 0.3 is 18.6 Å². The number of carbonyl (C=O) groups excluding carboxylic acids is 1. The van der Waals surface area contributed by atoms with Crippen molar-refractivity contribution in [3.8, 4) is 5.75 Å². The number of nitrogens with one attached hydrogen (secondary N) is 2. The van der Waals surface area contributed by atoms with E-state index < -0.39 is 12.6 Å². The van der Waals surface area contributed by atoms with E-state index in [-0.39, 0.29) is 30.8 Å². The molecule has 0 aromatic heterocycles. The highest BCUT2D eigenvalue weighted by Gasteiger charge is 2.26. The first-order chi connectivity index (χ1) is 12.0. The van der Waals surface area contributed by atoms with Crippen molar-refractivity contribution in [2.75, 3.05) is 24.5 Å². The first-order valence-corrected chi connectivity index (χ1v) is 8.00. The summed E-state index contributed by atoms with van der Waals surface area (Å²) < 4.78 is 29.5. The van der Waals surface area contributed by atoms with Crippen LogP contribution in [0.5, 0.6) is 5.75 Å². The summed E-state index contributed by atoms with van der Waals surface area (Å²) >= 11 is 0. The van der Waals surface area contributed by atoms with Gasteiger partial charge in [0, 0.05) is 32.1 Å². The van der Waals surface area contributed by atoms with Gasteiger partial charge in [-0.05, 0) is 25.0 Å². The SMILES string of the molecule is O=C(O)CCCNC(=O)NC1CCN(c2ccccc2OC(F)F)C1. The lowest BCUT2D eigenvalue weighted by Gasteiger charge is -2.22. The molecule has 1 aromatic rings. The largest absolute Gasteiger partial charge is 0.481 e. The summed E-state index contributed by atoms with van der Waals surface area (Å²) in [6.45, 7) is -1.53. The molecule has 1 atom stereocenters. The van der Waals surface area contributed by atoms with Gasteiger partial charge in [0.1, 0.15) is 5.75 Å². The van der Waals surface area contributed by atoms with E-state index in [1.165, 1.54) is 6.07 Å². The summed E-state index contributed by atoms with van der Waals surface area (Å²) in [7, 11) is 0. The van der Waals surface area contributed by atoms with Crippen molar-refractivity contribution in [2.45, 2.75) is 31.9 Å². The van der Waals surface area contributed by atoms with Gasteiger partial charge in [-0.1, -0.05) is 12.1 Å². The number of para-hydroxylation sites is 2. The molecule has 1 unspecified atom stereocenters. The van der Waals surface area contributed by atoms with E-state index in [0.29, 0.717) is 31.6 Å². The molecule has 0 aliphatic carbocycles. The van der Waals surface area contributed by atoms with E-state index in [1.54, 1.807) is 18.2 Å². The van der Waals surface area contributed by atoms with Gasteiger partial charge in [0.25, 0.3) is 0 Å². The van der Waals surface area contributed by atoms with Gasteiger partial charge in [-0.25, -0.2) is 4.79 Å². The predicted molar refractivity (Wildman–Crippen MR) is 87.1 cm³/mol. The quantitative estimate of drug-likeness (QED) is 0.620. The number of halogens is 2. The topological polar surface area (TPSA) is 90.9 Å². The smallest absolute Gasteiger partial charge is 0.387 e. The number of ether oxygens (including phenoxy) is 1. The molecule has 0 bridgehead atoms. The maximum Gasteiger partial charge on any atom is 0.387 e. The van der Waals surface area contributed by atoms with Crippen molar-refractivity contribution < 1.29 is 28.2 Å². The summed E-state index contributed by atoms with van der Waals surface area (Å²) in [6.07, 6.45) is 1.03. The Bertz CT molecular complexity index is 600. The number of nitrogens with zero attached hydrogens (tertiary/aromatic N) is 1. The minimum atomic E-state index is -2.89. The summed E-state index contributed by atoms with van der Waals surface area (Å²) in [5.41, 5.74) is 0.564. The molecule has 1 aliphatic heterocycles. The molecule has 1 heterocycles. The van der Waals surface area contributed by atoms with Crippen LogP contribution in [0.2, 0.25) is 0 Å². The fraction of sp³-hybridized carbons (Fsp3) is 0.500. The summed E-state index contributed by atoms with van der Waals surface area (Å²) in [5.74, 6) is -0.797. The highest BCUT2D eigenvalue weighted by Crippen LogP contribution is 2.31.